The normalized spacial score (nSPS) is 52.2. The Hall–Kier alpha value is -0.850. The predicted molar refractivity (Wildman–Crippen MR) is 147 cm³/mol. The lowest BCUT2D eigenvalue weighted by Crippen LogP contribution is -2.63. The van der Waals surface area contributed by atoms with Gasteiger partial charge in [0, 0.05) is 6.42 Å². The molecule has 1 heterocycles. The van der Waals surface area contributed by atoms with E-state index in [-0.39, 0.29) is 58.4 Å². The number of methoxy groups -OCH3 is 1. The first kappa shape index (κ1) is 31.6. The van der Waals surface area contributed by atoms with E-state index in [2.05, 4.69) is 20.8 Å². The molecule has 0 aromatic rings. The summed E-state index contributed by atoms with van der Waals surface area (Å²) >= 11 is 0. The van der Waals surface area contributed by atoms with E-state index in [0.717, 1.165) is 25.7 Å². The molecule has 0 spiro atoms. The summed E-state index contributed by atoms with van der Waals surface area (Å²) in [4.78, 5) is 11.8. The molecule has 0 aromatic carbocycles. The van der Waals surface area contributed by atoms with Crippen molar-refractivity contribution in [2.75, 3.05) is 13.7 Å². The predicted octanol–water partition coefficient (Wildman–Crippen LogP) is 1.36. The number of hydrogen-bond donors (Lipinski definition) is 6. The Bertz CT molecular complexity index is 931. The molecule has 10 heteroatoms. The zero-order valence-electron chi connectivity index (χ0n) is 25.0. The molecule has 1 saturated heterocycles. The summed E-state index contributed by atoms with van der Waals surface area (Å²) in [5.41, 5.74) is -0.375. The molecule has 4 aliphatic carbocycles. The molecule has 10 nitrogen and oxygen atoms in total. The molecule has 41 heavy (non-hydrogen) atoms. The minimum Gasteiger partial charge on any atom is -0.469 e. The molecule has 0 amide bonds. The van der Waals surface area contributed by atoms with Crippen molar-refractivity contribution in [3.05, 3.63) is 0 Å². The summed E-state index contributed by atoms with van der Waals surface area (Å²) < 4.78 is 16.6. The highest BCUT2D eigenvalue weighted by Gasteiger charge is 2.66. The summed E-state index contributed by atoms with van der Waals surface area (Å²) in [6.07, 6.45) is -1.11. The maximum Gasteiger partial charge on any atom is 0.305 e. The molecular formula is C31H52O10. The zero-order chi connectivity index (χ0) is 29.9. The van der Waals surface area contributed by atoms with Crippen LogP contribution in [0.1, 0.15) is 78.6 Å². The lowest BCUT2D eigenvalue weighted by atomic mass is 9.43. The van der Waals surface area contributed by atoms with Crippen LogP contribution in [0.4, 0.5) is 0 Å². The highest BCUT2D eigenvalue weighted by Crippen LogP contribution is 2.68. The number of aliphatic hydroxyl groups excluding tert-OH is 6. The Balaban J connectivity index is 1.28. The highest BCUT2D eigenvalue weighted by molar-refractivity contribution is 5.69. The number of hydrogen-bond acceptors (Lipinski definition) is 10. The summed E-state index contributed by atoms with van der Waals surface area (Å²) in [5.74, 6) is 1.04. The topological polar surface area (TPSA) is 166 Å². The fourth-order valence-corrected chi connectivity index (χ4v) is 10.3. The van der Waals surface area contributed by atoms with Gasteiger partial charge in [-0.3, -0.25) is 4.79 Å². The summed E-state index contributed by atoms with van der Waals surface area (Å²) in [7, 11) is 1.41. The maximum atomic E-state index is 11.8. The Morgan fingerprint density at radius 3 is 2.39 bits per heavy atom. The number of rotatable bonds is 7. The summed E-state index contributed by atoms with van der Waals surface area (Å²) in [6.45, 7) is 6.22. The number of carbonyl (C=O) groups excluding carboxylic acids is 1. The van der Waals surface area contributed by atoms with Crippen molar-refractivity contribution in [3.8, 4) is 0 Å². The van der Waals surface area contributed by atoms with Gasteiger partial charge in [0.25, 0.3) is 0 Å². The third-order valence-corrected chi connectivity index (χ3v) is 12.7. The molecule has 236 valence electrons. The van der Waals surface area contributed by atoms with Gasteiger partial charge >= 0.3 is 5.97 Å². The first-order valence-electron chi connectivity index (χ1n) is 15.8. The van der Waals surface area contributed by atoms with Crippen LogP contribution in [0.3, 0.4) is 0 Å². The van der Waals surface area contributed by atoms with Crippen LogP contribution in [0.5, 0.6) is 0 Å². The second-order valence-electron chi connectivity index (χ2n) is 14.4. The summed E-state index contributed by atoms with van der Waals surface area (Å²) in [5, 5.41) is 63.8. The van der Waals surface area contributed by atoms with Crippen molar-refractivity contribution in [2.45, 2.75) is 128 Å². The lowest BCUT2D eigenvalue weighted by molar-refractivity contribution is -0.317. The van der Waals surface area contributed by atoms with E-state index in [9.17, 15) is 35.4 Å². The average Bonchev–Trinajstić information content (AvgIpc) is 3.31. The zero-order valence-corrected chi connectivity index (χ0v) is 25.0. The van der Waals surface area contributed by atoms with Crippen molar-refractivity contribution in [3.63, 3.8) is 0 Å². The monoisotopic (exact) mass is 584 g/mol. The number of esters is 1. The van der Waals surface area contributed by atoms with Gasteiger partial charge in [-0.1, -0.05) is 20.8 Å². The van der Waals surface area contributed by atoms with Gasteiger partial charge in [0.15, 0.2) is 6.29 Å². The second-order valence-corrected chi connectivity index (χ2v) is 14.4. The smallest absolute Gasteiger partial charge is 0.305 e. The molecule has 5 rings (SSSR count). The maximum absolute atomic E-state index is 11.8. The van der Waals surface area contributed by atoms with E-state index in [4.69, 9.17) is 14.2 Å². The van der Waals surface area contributed by atoms with Gasteiger partial charge in [-0.15, -0.1) is 0 Å². The van der Waals surface area contributed by atoms with Crippen LogP contribution in [-0.4, -0.2) is 99.3 Å². The molecule has 5 aliphatic rings. The van der Waals surface area contributed by atoms with E-state index < -0.39 is 49.5 Å². The number of carbonyl (C=O) groups is 1. The van der Waals surface area contributed by atoms with Gasteiger partial charge < -0.3 is 44.8 Å². The van der Waals surface area contributed by atoms with Crippen molar-refractivity contribution >= 4 is 5.97 Å². The van der Waals surface area contributed by atoms with E-state index in [1.807, 2.05) is 0 Å². The van der Waals surface area contributed by atoms with Crippen molar-refractivity contribution < 1.29 is 49.6 Å². The van der Waals surface area contributed by atoms with Crippen molar-refractivity contribution in [1.82, 2.24) is 0 Å². The van der Waals surface area contributed by atoms with Crippen LogP contribution in [-0.2, 0) is 19.0 Å². The average molecular weight is 585 g/mol. The highest BCUT2D eigenvalue weighted by atomic mass is 16.7. The second kappa shape index (κ2) is 11.9. The fraction of sp³-hybridized carbons (Fsp3) is 0.968. The van der Waals surface area contributed by atoms with Gasteiger partial charge in [-0.2, -0.15) is 0 Å². The quantitative estimate of drug-likeness (QED) is 0.190. The van der Waals surface area contributed by atoms with Gasteiger partial charge in [-0.05, 0) is 97.7 Å². The minimum atomic E-state index is -1.48. The molecule has 16 atom stereocenters. The molecule has 0 radical (unpaired) electrons. The van der Waals surface area contributed by atoms with E-state index >= 15 is 0 Å². The fourth-order valence-electron chi connectivity index (χ4n) is 10.3. The Morgan fingerprint density at radius 1 is 0.976 bits per heavy atom. The SMILES string of the molecule is COC(=O)CC[C@@H](C)[C@H]1CC[C@H]2[C@@H]3[C@H](O)C[C@@H]4C[C@H](O[C@@H]5O[C@H](CO)[C@@H](O)[C@H](O)[C@H]5O)CC[C@]4(C)[C@H]3C[C@H](O)[C@]12C. The van der Waals surface area contributed by atoms with E-state index in [1.165, 1.54) is 7.11 Å². The molecule has 0 aromatic heterocycles. The van der Waals surface area contributed by atoms with Crippen molar-refractivity contribution in [2.24, 2.45) is 46.3 Å². The number of fused-ring (bicyclic) bond motifs is 5. The van der Waals surface area contributed by atoms with Gasteiger partial charge in [-0.25, -0.2) is 0 Å². The van der Waals surface area contributed by atoms with Crippen LogP contribution < -0.4 is 0 Å². The molecule has 4 saturated carbocycles. The van der Waals surface area contributed by atoms with Crippen LogP contribution in [0.25, 0.3) is 0 Å². The molecule has 0 bridgehead atoms. The molecule has 5 fully saturated rings. The first-order valence-corrected chi connectivity index (χ1v) is 15.8. The summed E-state index contributed by atoms with van der Waals surface area (Å²) in [6, 6.07) is 0. The Labute approximate surface area is 243 Å². The van der Waals surface area contributed by atoms with Gasteiger partial charge in [0.2, 0.25) is 0 Å². The van der Waals surface area contributed by atoms with Crippen LogP contribution in [0.15, 0.2) is 0 Å². The molecular weight excluding hydrogens is 532 g/mol. The minimum absolute atomic E-state index is 0.0734. The van der Waals surface area contributed by atoms with Crippen molar-refractivity contribution in [1.29, 1.82) is 0 Å². The van der Waals surface area contributed by atoms with E-state index in [1.54, 1.807) is 0 Å². The number of aliphatic hydroxyl groups is 6. The first-order chi connectivity index (χ1) is 19.4. The van der Waals surface area contributed by atoms with E-state index in [0.29, 0.717) is 32.1 Å². The molecule has 6 N–H and O–H groups in total. The number of ether oxygens (including phenoxy) is 3. The van der Waals surface area contributed by atoms with Crippen LogP contribution in [0.2, 0.25) is 0 Å². The third kappa shape index (κ3) is 5.28. The van der Waals surface area contributed by atoms with Gasteiger partial charge in [0.1, 0.15) is 24.4 Å². The third-order valence-electron chi connectivity index (χ3n) is 12.7. The largest absolute Gasteiger partial charge is 0.469 e. The van der Waals surface area contributed by atoms with Crippen LogP contribution in [0, 0.1) is 46.3 Å². The van der Waals surface area contributed by atoms with Crippen LogP contribution >= 0.6 is 0 Å². The van der Waals surface area contributed by atoms with Gasteiger partial charge in [0.05, 0.1) is 32.0 Å². The Morgan fingerprint density at radius 2 is 1.71 bits per heavy atom. The Kier molecular flexibility index (Phi) is 9.18. The molecule has 1 aliphatic heterocycles. The molecule has 0 unspecified atom stereocenters. The lowest BCUT2D eigenvalue weighted by Gasteiger charge is -2.63. The standard InChI is InChI=1S/C31H52O10/c1-15(5-8-24(35)39-4)18-6-7-19-25-20(13-23(34)31(18,19)3)30(2)10-9-17(11-16(30)12-21(25)33)40-29-28(38)27(37)26(36)22(14-32)41-29/h15-23,25-29,32-34,36-38H,5-14H2,1-4H3/t15-,16+,17-,18-,19+,20+,21-,22-,23+,25+,26-,27+,28-,29-,30+,31-/m1/s1.